The molecule has 3 fully saturated rings. The van der Waals surface area contributed by atoms with Crippen LogP contribution in [0.3, 0.4) is 0 Å². The van der Waals surface area contributed by atoms with E-state index in [2.05, 4.69) is 10.6 Å². The van der Waals surface area contributed by atoms with Gasteiger partial charge in [0.15, 0.2) is 5.72 Å². The molecule has 6 amide bonds. The second kappa shape index (κ2) is 31.8. The number of anilines is 1. The number of aliphatic hydroxyl groups is 1. The quantitative estimate of drug-likeness (QED) is 0.0471. The van der Waals surface area contributed by atoms with E-state index in [4.69, 9.17) is 63.7 Å². The zero-order chi connectivity index (χ0) is 58.5. The number of nitrogens with one attached hydrogen (secondary N) is 2. The third-order valence-electron chi connectivity index (χ3n) is 14.7. The Labute approximate surface area is 477 Å². The van der Waals surface area contributed by atoms with Gasteiger partial charge < -0.3 is 72.3 Å². The van der Waals surface area contributed by atoms with Gasteiger partial charge in [0.25, 0.3) is 11.8 Å². The van der Waals surface area contributed by atoms with Crippen molar-refractivity contribution in [2.45, 2.75) is 101 Å². The van der Waals surface area contributed by atoms with Crippen molar-refractivity contribution in [1.29, 1.82) is 0 Å². The number of nitrogens with zero attached hydrogens (tertiary/aromatic N) is 3. The van der Waals surface area contributed by atoms with Crippen LogP contribution in [0, 0.1) is 11.8 Å². The topological polar surface area (TPSA) is 278 Å². The number of epoxide rings is 1. The van der Waals surface area contributed by atoms with Gasteiger partial charge in [-0.3, -0.25) is 39.0 Å². The Kier molecular flexibility index (Phi) is 25.3. The molecule has 5 heterocycles. The van der Waals surface area contributed by atoms with Gasteiger partial charge in [0.2, 0.25) is 17.7 Å². The zero-order valence-electron chi connectivity index (χ0n) is 47.3. The number of fused-ring (bicyclic) bond motifs is 5. The summed E-state index contributed by atoms with van der Waals surface area (Å²) in [4.78, 5) is 93.7. The molecule has 24 nitrogen and oxygen atoms in total. The number of ether oxygens (including phenoxy) is 11. The summed E-state index contributed by atoms with van der Waals surface area (Å²) in [7, 11) is 4.51. The molecule has 5 aliphatic rings. The van der Waals surface area contributed by atoms with E-state index >= 15 is 0 Å². The van der Waals surface area contributed by atoms with Gasteiger partial charge in [0.05, 0.1) is 117 Å². The highest BCUT2D eigenvalue weighted by molar-refractivity contribution is 6.35. The number of benzene rings is 1. The maximum Gasteiger partial charge on any atom is 0.409 e. The van der Waals surface area contributed by atoms with Gasteiger partial charge in [-0.05, 0) is 50.8 Å². The summed E-state index contributed by atoms with van der Waals surface area (Å²) in [6.07, 6.45) is 4.19. The third kappa shape index (κ3) is 19.0. The fourth-order valence-corrected chi connectivity index (χ4v) is 10.3. The summed E-state index contributed by atoms with van der Waals surface area (Å²) in [5.41, 5.74) is -0.925. The number of imide groups is 1. The van der Waals surface area contributed by atoms with E-state index in [0.717, 1.165) is 16.0 Å². The van der Waals surface area contributed by atoms with Crippen LogP contribution in [0.4, 0.5) is 10.5 Å². The van der Waals surface area contributed by atoms with E-state index in [1.807, 2.05) is 19.9 Å². The largest absolute Gasteiger partial charge is 0.495 e. The van der Waals surface area contributed by atoms with Gasteiger partial charge >= 0.3 is 12.1 Å². The van der Waals surface area contributed by atoms with Crippen LogP contribution in [0.1, 0.15) is 64.9 Å². The Morgan fingerprint density at radius 1 is 0.852 bits per heavy atom. The van der Waals surface area contributed by atoms with Gasteiger partial charge in [0, 0.05) is 71.2 Å². The molecule has 0 aromatic heterocycles. The van der Waals surface area contributed by atoms with Crippen LogP contribution in [0.2, 0.25) is 5.02 Å². The standard InChI is InChI=1S/C56H80ClN5O19/c1-37-8-7-9-44(72-6)56(70)36-43(79-54(69)59-56)38(2)52-55(3,81-52)45(35-50(67)60(4)41-33-39(32-37)34-42(71-5)51(41)57)80-53(68)40-12-17-61(18-13-40)47(64)15-20-73-22-24-75-26-28-77-30-31-78-29-27-76-25-23-74-21-16-58-46(63)14-19-62-48(65)10-11-49(62)66/h7-11,33-34,38,40,43-45,52,70H,12-32,35-36H2,1-6H3,(H,58,63)(H,59,69)/b9-7+,37-8+/t38-,43+,44?,45+,52+,55?,56+/m1/s1. The Hall–Kier alpha value is -5.54. The van der Waals surface area contributed by atoms with Crippen LogP contribution in [0.15, 0.2) is 48.1 Å². The molecule has 4 bridgehead atoms. The molecular formula is C56H80ClN5O19. The first-order chi connectivity index (χ1) is 38.9. The highest BCUT2D eigenvalue weighted by Crippen LogP contribution is 2.49. The van der Waals surface area contributed by atoms with Gasteiger partial charge in [0.1, 0.15) is 34.7 Å². The fourth-order valence-electron chi connectivity index (χ4n) is 9.94. The molecule has 2 unspecified atom stereocenters. The average molecular weight is 1160 g/mol. The average Bonchev–Trinajstić information content (AvgIpc) is 4.27. The van der Waals surface area contributed by atoms with E-state index in [-0.39, 0.29) is 55.7 Å². The van der Waals surface area contributed by atoms with E-state index in [1.54, 1.807) is 43.2 Å². The van der Waals surface area contributed by atoms with Gasteiger partial charge in [-0.1, -0.05) is 42.3 Å². The number of esters is 1. The number of methoxy groups -OCH3 is 2. The van der Waals surface area contributed by atoms with Crippen molar-refractivity contribution in [2.24, 2.45) is 11.8 Å². The van der Waals surface area contributed by atoms with E-state index in [1.165, 1.54) is 31.3 Å². The van der Waals surface area contributed by atoms with Crippen molar-refractivity contribution in [3.63, 3.8) is 0 Å². The molecule has 0 spiro atoms. The second-order valence-electron chi connectivity index (χ2n) is 20.6. The zero-order valence-corrected chi connectivity index (χ0v) is 48.0. The number of likely N-dealkylation sites (tertiary alicyclic amines) is 1. The minimum Gasteiger partial charge on any atom is -0.495 e. The number of amides is 6. The summed E-state index contributed by atoms with van der Waals surface area (Å²) >= 11 is 6.83. The number of hydrogen-bond donors (Lipinski definition) is 3. The summed E-state index contributed by atoms with van der Waals surface area (Å²) in [5.74, 6) is -2.89. The number of carbonyl (C=O) groups is 7. The lowest BCUT2D eigenvalue weighted by atomic mass is 9.83. The molecule has 1 aromatic carbocycles. The van der Waals surface area contributed by atoms with Crippen molar-refractivity contribution in [3.05, 3.63) is 58.7 Å². The minimum absolute atomic E-state index is 0.0233. The first-order valence-corrected chi connectivity index (χ1v) is 27.9. The molecule has 0 aliphatic carbocycles. The summed E-state index contributed by atoms with van der Waals surface area (Å²) in [5, 5.41) is 17.3. The van der Waals surface area contributed by atoms with Crippen LogP contribution in [0.5, 0.6) is 5.75 Å². The molecule has 3 N–H and O–H groups in total. The molecule has 0 saturated carbocycles. The van der Waals surface area contributed by atoms with Crippen molar-refractivity contribution < 1.29 is 90.8 Å². The van der Waals surface area contributed by atoms with E-state index < -0.39 is 77.4 Å². The number of carbonyl (C=O) groups excluding carboxylic acids is 7. The van der Waals surface area contributed by atoms with Crippen LogP contribution in [-0.2, 0) is 82.6 Å². The molecule has 1 aromatic rings. The fraction of sp³-hybridized carbons (Fsp3) is 0.661. The minimum atomic E-state index is -1.84. The summed E-state index contributed by atoms with van der Waals surface area (Å²) < 4.78 is 62.8. The highest BCUT2D eigenvalue weighted by atomic mass is 35.5. The smallest absolute Gasteiger partial charge is 0.409 e. The lowest BCUT2D eigenvalue weighted by molar-refractivity contribution is -0.161. The van der Waals surface area contributed by atoms with Gasteiger partial charge in [-0.25, -0.2) is 4.79 Å². The van der Waals surface area contributed by atoms with Crippen molar-refractivity contribution in [1.82, 2.24) is 20.4 Å². The first-order valence-electron chi connectivity index (χ1n) is 27.5. The number of rotatable bonds is 28. The summed E-state index contributed by atoms with van der Waals surface area (Å²) in [6, 6.07) is 3.60. The van der Waals surface area contributed by atoms with Crippen LogP contribution < -0.4 is 20.3 Å². The van der Waals surface area contributed by atoms with Gasteiger partial charge in [-0.2, -0.15) is 0 Å². The summed E-state index contributed by atoms with van der Waals surface area (Å²) in [6.45, 7) is 10.5. The predicted molar refractivity (Wildman–Crippen MR) is 291 cm³/mol. The Morgan fingerprint density at radius 2 is 1.44 bits per heavy atom. The van der Waals surface area contributed by atoms with Crippen LogP contribution in [0.25, 0.3) is 0 Å². The molecule has 6 rings (SSSR count). The normalized spacial score (nSPS) is 26.3. The van der Waals surface area contributed by atoms with Crippen LogP contribution >= 0.6 is 11.6 Å². The molecule has 3 saturated heterocycles. The predicted octanol–water partition coefficient (Wildman–Crippen LogP) is 2.83. The molecule has 0 radical (unpaired) electrons. The molecule has 7 atom stereocenters. The number of hydrogen-bond acceptors (Lipinski definition) is 19. The van der Waals surface area contributed by atoms with E-state index in [9.17, 15) is 38.7 Å². The van der Waals surface area contributed by atoms with Crippen LogP contribution in [-0.4, -0.2) is 219 Å². The van der Waals surface area contributed by atoms with Gasteiger partial charge in [-0.15, -0.1) is 0 Å². The first kappa shape index (κ1) is 64.6. The lowest BCUT2D eigenvalue weighted by Gasteiger charge is -2.42. The number of allylic oxidation sites excluding steroid dienone is 3. The Bertz CT molecular complexity index is 2400. The second-order valence-corrected chi connectivity index (χ2v) is 20.9. The van der Waals surface area contributed by atoms with Crippen molar-refractivity contribution in [3.8, 4) is 5.75 Å². The Balaban J connectivity index is 0.855. The lowest BCUT2D eigenvalue weighted by Crippen LogP contribution is -2.63. The van der Waals surface area contributed by atoms with E-state index in [0.29, 0.717) is 123 Å². The maximum absolute atomic E-state index is 14.3. The molecule has 5 aliphatic heterocycles. The molecule has 25 heteroatoms. The van der Waals surface area contributed by atoms with Crippen molar-refractivity contribution in [2.75, 3.05) is 132 Å². The Morgan fingerprint density at radius 3 is 2.04 bits per heavy atom. The third-order valence-corrected chi connectivity index (χ3v) is 15.1. The number of alkyl carbamates (subject to hydrolysis) is 1. The molecule has 450 valence electrons. The molecular weight excluding hydrogens is 1080 g/mol. The number of halogens is 1. The maximum atomic E-state index is 14.3. The number of piperidine rings is 1. The molecule has 81 heavy (non-hydrogen) atoms. The highest BCUT2D eigenvalue weighted by Gasteiger charge is 2.64. The monoisotopic (exact) mass is 1160 g/mol. The SMILES string of the molecule is COc1cc2cc(c1Cl)N(C)C(=O)C[C@H](OC(=O)C1CCN(C(=O)CCOCCOCCOCCOCCOCCOCCNC(=O)CCN3C(=O)C=CC3=O)CC1)C1(C)O[C@H]1[C@H](C)[C@@H]1C[C@@](O)(NC(=O)O1)C(OC)/C=C/C=C(\C)C2. The van der Waals surface area contributed by atoms with Crippen molar-refractivity contribution >= 4 is 58.9 Å².